The molecule has 8 nitrogen and oxygen atoms in total. The molecule has 0 aliphatic rings. The molecule has 156 valence electrons. The molecule has 2 amide bonds. The van der Waals surface area contributed by atoms with Gasteiger partial charge in [-0.2, -0.15) is 4.98 Å². The quantitative estimate of drug-likeness (QED) is 0.475. The van der Waals surface area contributed by atoms with Crippen molar-refractivity contribution in [1.29, 1.82) is 0 Å². The highest BCUT2D eigenvalue weighted by atomic mass is 32.1. The number of anilines is 1. The molecule has 3 heterocycles. The minimum absolute atomic E-state index is 0.0548. The number of thiophene rings is 1. The summed E-state index contributed by atoms with van der Waals surface area (Å²) in [6.45, 7) is 1.82. The molecule has 3 aromatic heterocycles. The maximum Gasteiger partial charge on any atom is 0.262 e. The first-order valence-electron chi connectivity index (χ1n) is 9.18. The molecule has 4 aromatic rings. The van der Waals surface area contributed by atoms with Gasteiger partial charge in [0.15, 0.2) is 0 Å². The van der Waals surface area contributed by atoms with E-state index in [4.69, 9.17) is 4.52 Å². The molecule has 0 fully saturated rings. The molecular formula is C21H16FN5O3S. The van der Waals surface area contributed by atoms with Gasteiger partial charge >= 0.3 is 0 Å². The number of aryl methyl sites for hydroxylation is 1. The summed E-state index contributed by atoms with van der Waals surface area (Å²) in [5.74, 6) is -0.627. The lowest BCUT2D eigenvalue weighted by Gasteiger charge is -2.02. The van der Waals surface area contributed by atoms with Crippen molar-refractivity contribution in [1.82, 2.24) is 20.4 Å². The molecule has 0 spiro atoms. The van der Waals surface area contributed by atoms with Crippen molar-refractivity contribution in [2.24, 2.45) is 0 Å². The van der Waals surface area contributed by atoms with Crippen molar-refractivity contribution in [3.63, 3.8) is 0 Å². The molecule has 0 saturated heterocycles. The second-order valence-electron chi connectivity index (χ2n) is 6.52. The predicted octanol–water partition coefficient (Wildman–Crippen LogP) is 3.82. The number of benzene rings is 1. The van der Waals surface area contributed by atoms with E-state index in [2.05, 4.69) is 25.8 Å². The molecule has 0 unspecified atom stereocenters. The molecule has 0 aliphatic carbocycles. The first kappa shape index (κ1) is 20.4. The normalized spacial score (nSPS) is 10.6. The fraction of sp³-hybridized carbons (Fsp3) is 0.0952. The van der Waals surface area contributed by atoms with E-state index in [-0.39, 0.29) is 23.9 Å². The number of halogens is 1. The maximum absolute atomic E-state index is 13.3. The lowest BCUT2D eigenvalue weighted by atomic mass is 10.2. The van der Waals surface area contributed by atoms with Crippen LogP contribution < -0.4 is 10.6 Å². The Morgan fingerprint density at radius 1 is 1.13 bits per heavy atom. The van der Waals surface area contributed by atoms with E-state index in [0.717, 1.165) is 23.0 Å². The zero-order valence-electron chi connectivity index (χ0n) is 16.3. The van der Waals surface area contributed by atoms with Crippen molar-refractivity contribution in [3.05, 3.63) is 82.6 Å². The van der Waals surface area contributed by atoms with Crippen LogP contribution in [0.4, 0.5) is 9.39 Å². The average Bonchev–Trinajstić information content (AvgIpc) is 3.39. The largest absolute Gasteiger partial charge is 0.342 e. The van der Waals surface area contributed by atoms with Gasteiger partial charge in [0.2, 0.25) is 11.7 Å². The number of rotatable bonds is 6. The van der Waals surface area contributed by atoms with Crippen molar-refractivity contribution >= 4 is 28.2 Å². The standard InChI is InChI=1S/C21H16FN5O3S/c1-12-9-17(26-20(28)14-3-2-4-15(22)10-14)31-18(12)21(29)24-11-16-25-19(27-30-16)13-5-7-23-8-6-13/h2-10H,11H2,1H3,(H,24,29)(H,26,28). The highest BCUT2D eigenvalue weighted by Gasteiger charge is 2.17. The highest BCUT2D eigenvalue weighted by molar-refractivity contribution is 7.18. The summed E-state index contributed by atoms with van der Waals surface area (Å²) >= 11 is 1.12. The van der Waals surface area contributed by atoms with Crippen LogP contribution in [0.2, 0.25) is 0 Å². The van der Waals surface area contributed by atoms with E-state index in [0.29, 0.717) is 21.3 Å². The summed E-state index contributed by atoms with van der Waals surface area (Å²) < 4.78 is 18.5. The van der Waals surface area contributed by atoms with E-state index in [9.17, 15) is 14.0 Å². The van der Waals surface area contributed by atoms with Crippen molar-refractivity contribution in [2.75, 3.05) is 5.32 Å². The second-order valence-corrected chi connectivity index (χ2v) is 7.57. The fourth-order valence-electron chi connectivity index (χ4n) is 2.76. The van der Waals surface area contributed by atoms with Crippen molar-refractivity contribution in [2.45, 2.75) is 13.5 Å². The third-order valence-electron chi connectivity index (χ3n) is 4.25. The van der Waals surface area contributed by atoms with Gasteiger partial charge in [0.05, 0.1) is 16.4 Å². The molecular weight excluding hydrogens is 421 g/mol. The average molecular weight is 437 g/mol. The third kappa shape index (κ3) is 4.81. The van der Waals surface area contributed by atoms with Crippen LogP contribution in [-0.4, -0.2) is 26.9 Å². The summed E-state index contributed by atoms with van der Waals surface area (Å²) in [5.41, 5.74) is 1.64. The highest BCUT2D eigenvalue weighted by Crippen LogP contribution is 2.27. The first-order valence-corrected chi connectivity index (χ1v) is 10.00. The number of carbonyl (C=O) groups is 2. The van der Waals surface area contributed by atoms with E-state index < -0.39 is 11.7 Å². The Morgan fingerprint density at radius 2 is 1.94 bits per heavy atom. The van der Waals surface area contributed by atoms with Crippen LogP contribution in [0.15, 0.2) is 59.4 Å². The van der Waals surface area contributed by atoms with Gasteiger partial charge in [0.25, 0.3) is 11.8 Å². The van der Waals surface area contributed by atoms with Crippen LogP contribution in [0.5, 0.6) is 0 Å². The molecule has 10 heteroatoms. The summed E-state index contributed by atoms with van der Waals surface area (Å²) in [6, 6.07) is 10.6. The van der Waals surface area contributed by atoms with Gasteiger partial charge in [-0.05, 0) is 48.9 Å². The van der Waals surface area contributed by atoms with E-state index in [1.165, 1.54) is 18.2 Å². The zero-order chi connectivity index (χ0) is 21.8. The zero-order valence-corrected chi connectivity index (χ0v) is 17.1. The SMILES string of the molecule is Cc1cc(NC(=O)c2cccc(F)c2)sc1C(=O)NCc1nc(-c2ccncc2)no1. The molecule has 0 bridgehead atoms. The number of aromatic nitrogens is 3. The number of pyridine rings is 1. The number of amides is 2. The van der Waals surface area contributed by atoms with E-state index in [1.807, 2.05) is 0 Å². The molecule has 0 radical (unpaired) electrons. The molecule has 0 atom stereocenters. The van der Waals surface area contributed by atoms with Gasteiger partial charge in [0.1, 0.15) is 5.82 Å². The lowest BCUT2D eigenvalue weighted by molar-refractivity contribution is 0.0949. The van der Waals surface area contributed by atoms with Crippen LogP contribution in [0.3, 0.4) is 0 Å². The topological polar surface area (TPSA) is 110 Å². The van der Waals surface area contributed by atoms with Crippen molar-refractivity contribution in [3.8, 4) is 11.4 Å². The number of hydrogen-bond acceptors (Lipinski definition) is 7. The minimum atomic E-state index is -0.497. The molecule has 0 aliphatic heterocycles. The fourth-order valence-corrected chi connectivity index (χ4v) is 3.75. The molecule has 1 aromatic carbocycles. The Labute approximate surface area is 180 Å². The monoisotopic (exact) mass is 437 g/mol. The Kier molecular flexibility index (Phi) is 5.80. The number of carbonyl (C=O) groups excluding carboxylic acids is 2. The maximum atomic E-state index is 13.3. The smallest absolute Gasteiger partial charge is 0.262 e. The van der Waals surface area contributed by atoms with Gasteiger partial charge in [-0.3, -0.25) is 14.6 Å². The second kappa shape index (κ2) is 8.84. The molecule has 31 heavy (non-hydrogen) atoms. The number of nitrogens with one attached hydrogen (secondary N) is 2. The van der Waals surface area contributed by atoms with Gasteiger partial charge in [-0.15, -0.1) is 11.3 Å². The van der Waals surface area contributed by atoms with Gasteiger partial charge in [-0.25, -0.2) is 4.39 Å². The van der Waals surface area contributed by atoms with Crippen LogP contribution in [0.1, 0.15) is 31.5 Å². The Hall–Kier alpha value is -3.92. The Bertz CT molecular complexity index is 1240. The summed E-state index contributed by atoms with van der Waals surface area (Å²) in [6.07, 6.45) is 3.24. The Morgan fingerprint density at radius 3 is 2.71 bits per heavy atom. The van der Waals surface area contributed by atoms with Crippen LogP contribution in [0.25, 0.3) is 11.4 Å². The van der Waals surface area contributed by atoms with Crippen LogP contribution in [0, 0.1) is 12.7 Å². The molecule has 0 saturated carbocycles. The van der Waals surface area contributed by atoms with Crippen LogP contribution in [-0.2, 0) is 6.54 Å². The van der Waals surface area contributed by atoms with Crippen molar-refractivity contribution < 1.29 is 18.5 Å². The number of hydrogen-bond donors (Lipinski definition) is 2. The summed E-state index contributed by atoms with van der Waals surface area (Å²) in [4.78, 5) is 33.5. The van der Waals surface area contributed by atoms with E-state index >= 15 is 0 Å². The third-order valence-corrected chi connectivity index (χ3v) is 5.41. The Balaban J connectivity index is 1.39. The summed E-state index contributed by atoms with van der Waals surface area (Å²) in [7, 11) is 0. The molecule has 2 N–H and O–H groups in total. The minimum Gasteiger partial charge on any atom is -0.342 e. The van der Waals surface area contributed by atoms with Gasteiger partial charge < -0.3 is 15.2 Å². The summed E-state index contributed by atoms with van der Waals surface area (Å²) in [5, 5.41) is 9.78. The van der Waals surface area contributed by atoms with Gasteiger partial charge in [0, 0.05) is 23.5 Å². The van der Waals surface area contributed by atoms with E-state index in [1.54, 1.807) is 37.5 Å². The molecule has 4 rings (SSSR count). The van der Waals surface area contributed by atoms with Crippen LogP contribution >= 0.6 is 11.3 Å². The lowest BCUT2D eigenvalue weighted by Crippen LogP contribution is -2.22. The number of nitrogens with zero attached hydrogens (tertiary/aromatic N) is 3. The predicted molar refractivity (Wildman–Crippen MR) is 112 cm³/mol. The first-order chi connectivity index (χ1) is 15.0. The van der Waals surface area contributed by atoms with Gasteiger partial charge in [-0.1, -0.05) is 11.2 Å².